The highest BCUT2D eigenvalue weighted by Gasteiger charge is 2.25. The Morgan fingerprint density at radius 3 is 2.07 bits per heavy atom. The Morgan fingerprint density at radius 1 is 0.810 bits per heavy atom. The van der Waals surface area contributed by atoms with Crippen molar-refractivity contribution in [2.75, 3.05) is 19.0 Å². The Morgan fingerprint density at radius 2 is 1.43 bits per heavy atom. The van der Waals surface area contributed by atoms with Crippen LogP contribution < -0.4 is 16.0 Å². The average Bonchev–Trinajstić information content (AvgIpc) is 3.02. The smallest absolute Gasteiger partial charge is 0.408 e. The van der Waals surface area contributed by atoms with Crippen molar-refractivity contribution in [1.82, 2.24) is 10.6 Å². The standard InChI is InChI=1S/C33H32BrN3O5/c1-41-30(38)21-35-31(25-15-9-4-10-16-25)27-20-26(34)17-18-28(27)36-32(39)29(19-23-11-5-2-6-12-23)37-33(40)42-22-24-13-7-3-8-14-24/h2-18,20,29,31,35H,19,21-22H2,1H3,(H,36,39)(H,37,40)/t29-,31+/m1/s1. The van der Waals surface area contributed by atoms with E-state index in [0.717, 1.165) is 26.7 Å². The second kappa shape index (κ2) is 15.5. The van der Waals surface area contributed by atoms with Gasteiger partial charge < -0.3 is 20.1 Å². The molecular formula is C33H32BrN3O5. The normalized spacial score (nSPS) is 12.0. The summed E-state index contributed by atoms with van der Waals surface area (Å²) in [5, 5.41) is 8.98. The number of ether oxygens (including phenoxy) is 2. The maximum absolute atomic E-state index is 13.7. The molecule has 2 atom stereocenters. The average molecular weight is 631 g/mol. The Labute approximate surface area is 253 Å². The molecule has 2 amide bonds. The van der Waals surface area contributed by atoms with Gasteiger partial charge in [0.05, 0.1) is 19.7 Å². The molecule has 4 aromatic carbocycles. The van der Waals surface area contributed by atoms with Crippen molar-refractivity contribution < 1.29 is 23.9 Å². The van der Waals surface area contributed by atoms with Gasteiger partial charge in [0.25, 0.3) is 0 Å². The largest absolute Gasteiger partial charge is 0.468 e. The summed E-state index contributed by atoms with van der Waals surface area (Å²) in [6.45, 7) is 0.0369. The van der Waals surface area contributed by atoms with E-state index in [4.69, 9.17) is 9.47 Å². The summed E-state index contributed by atoms with van der Waals surface area (Å²) in [5.74, 6) is -0.837. The van der Waals surface area contributed by atoms with Gasteiger partial charge in [-0.1, -0.05) is 107 Å². The first-order valence-corrected chi connectivity index (χ1v) is 14.2. The van der Waals surface area contributed by atoms with Crippen molar-refractivity contribution in [1.29, 1.82) is 0 Å². The van der Waals surface area contributed by atoms with E-state index in [-0.39, 0.29) is 19.6 Å². The molecule has 9 heteroatoms. The fourth-order valence-electron chi connectivity index (χ4n) is 4.38. The number of halogens is 1. The number of anilines is 1. The highest BCUT2D eigenvalue weighted by molar-refractivity contribution is 9.10. The van der Waals surface area contributed by atoms with Crippen molar-refractivity contribution in [3.63, 3.8) is 0 Å². The minimum atomic E-state index is -0.926. The Balaban J connectivity index is 1.58. The first-order chi connectivity index (χ1) is 20.4. The first-order valence-electron chi connectivity index (χ1n) is 13.4. The number of methoxy groups -OCH3 is 1. The lowest BCUT2D eigenvalue weighted by Gasteiger charge is -2.24. The van der Waals surface area contributed by atoms with Crippen molar-refractivity contribution in [3.8, 4) is 0 Å². The molecule has 3 N–H and O–H groups in total. The van der Waals surface area contributed by atoms with Gasteiger partial charge in [-0.05, 0) is 40.5 Å². The van der Waals surface area contributed by atoms with Crippen LogP contribution in [0.25, 0.3) is 0 Å². The number of benzene rings is 4. The maximum Gasteiger partial charge on any atom is 0.408 e. The van der Waals surface area contributed by atoms with E-state index in [9.17, 15) is 14.4 Å². The minimum Gasteiger partial charge on any atom is -0.468 e. The summed E-state index contributed by atoms with van der Waals surface area (Å²) in [5.41, 5.74) is 3.84. The molecule has 0 aromatic heterocycles. The van der Waals surface area contributed by atoms with Crippen LogP contribution >= 0.6 is 15.9 Å². The van der Waals surface area contributed by atoms with Crippen molar-refractivity contribution >= 4 is 39.6 Å². The van der Waals surface area contributed by atoms with E-state index in [1.807, 2.05) is 103 Å². The van der Waals surface area contributed by atoms with Crippen LogP contribution in [-0.2, 0) is 32.1 Å². The number of amides is 2. The summed E-state index contributed by atoms with van der Waals surface area (Å²) in [6, 6.07) is 32.4. The highest BCUT2D eigenvalue weighted by atomic mass is 79.9. The molecule has 216 valence electrons. The quantitative estimate of drug-likeness (QED) is 0.172. The van der Waals surface area contributed by atoms with Crippen LogP contribution in [0.2, 0.25) is 0 Å². The van der Waals surface area contributed by atoms with E-state index < -0.39 is 30.1 Å². The number of nitrogens with one attached hydrogen (secondary N) is 3. The number of carbonyl (C=O) groups is 3. The number of esters is 1. The molecule has 8 nitrogen and oxygen atoms in total. The number of hydrogen-bond acceptors (Lipinski definition) is 6. The summed E-state index contributed by atoms with van der Waals surface area (Å²) < 4.78 is 11.0. The van der Waals surface area contributed by atoms with Crippen molar-refractivity contribution in [2.45, 2.75) is 25.1 Å². The molecule has 4 aromatic rings. The molecule has 0 spiro atoms. The van der Waals surface area contributed by atoms with Gasteiger partial charge in [0.1, 0.15) is 12.6 Å². The molecule has 0 bridgehead atoms. The zero-order valence-corrected chi connectivity index (χ0v) is 24.7. The van der Waals surface area contributed by atoms with E-state index in [1.165, 1.54) is 7.11 Å². The van der Waals surface area contributed by atoms with Crippen LogP contribution in [-0.4, -0.2) is 37.7 Å². The molecule has 0 radical (unpaired) electrons. The molecule has 0 saturated carbocycles. The third kappa shape index (κ3) is 9.02. The Kier molecular flexibility index (Phi) is 11.3. The SMILES string of the molecule is COC(=O)CN[C@@H](c1ccccc1)c1cc(Br)ccc1NC(=O)[C@@H](Cc1ccccc1)NC(=O)OCc1ccccc1. The Bertz CT molecular complexity index is 1470. The predicted octanol–water partition coefficient (Wildman–Crippen LogP) is 5.78. The van der Waals surface area contributed by atoms with Crippen LogP contribution in [0.15, 0.2) is 114 Å². The zero-order valence-electron chi connectivity index (χ0n) is 23.1. The fraction of sp³-hybridized carbons (Fsp3) is 0.182. The lowest BCUT2D eigenvalue weighted by Crippen LogP contribution is -2.45. The second-order valence-electron chi connectivity index (χ2n) is 9.47. The maximum atomic E-state index is 13.7. The molecule has 0 fully saturated rings. The number of hydrogen-bond donors (Lipinski definition) is 3. The third-order valence-corrected chi connectivity index (χ3v) is 6.99. The van der Waals surface area contributed by atoms with E-state index in [1.54, 1.807) is 6.07 Å². The summed E-state index contributed by atoms with van der Waals surface area (Å²) in [4.78, 5) is 38.5. The number of carbonyl (C=O) groups excluding carboxylic acids is 3. The molecular weight excluding hydrogens is 598 g/mol. The van der Waals surface area contributed by atoms with Gasteiger partial charge in [0, 0.05) is 16.6 Å². The van der Waals surface area contributed by atoms with Crippen LogP contribution in [0.4, 0.5) is 10.5 Å². The summed E-state index contributed by atoms with van der Waals surface area (Å²) >= 11 is 3.53. The number of alkyl carbamates (subject to hydrolysis) is 1. The van der Waals surface area contributed by atoms with Gasteiger partial charge in [-0.3, -0.25) is 14.9 Å². The van der Waals surface area contributed by atoms with Crippen molar-refractivity contribution in [3.05, 3.63) is 136 Å². The fourth-order valence-corrected chi connectivity index (χ4v) is 4.76. The van der Waals surface area contributed by atoms with Crippen LogP contribution in [0.5, 0.6) is 0 Å². The topological polar surface area (TPSA) is 106 Å². The molecule has 0 aliphatic rings. The van der Waals surface area contributed by atoms with E-state index in [0.29, 0.717) is 5.69 Å². The van der Waals surface area contributed by atoms with Gasteiger partial charge in [-0.25, -0.2) is 4.79 Å². The van der Waals surface area contributed by atoms with Gasteiger partial charge in [-0.2, -0.15) is 0 Å². The minimum absolute atomic E-state index is 0.0403. The van der Waals surface area contributed by atoms with Gasteiger partial charge in [0.15, 0.2) is 0 Å². The van der Waals surface area contributed by atoms with Crippen LogP contribution in [0.3, 0.4) is 0 Å². The highest BCUT2D eigenvalue weighted by Crippen LogP contribution is 2.31. The molecule has 4 rings (SSSR count). The molecule has 0 heterocycles. The first kappa shape index (κ1) is 30.5. The summed E-state index contributed by atoms with van der Waals surface area (Å²) in [7, 11) is 1.33. The lowest BCUT2D eigenvalue weighted by molar-refractivity contribution is -0.139. The Hall–Kier alpha value is -4.47. The van der Waals surface area contributed by atoms with Gasteiger partial charge in [0.2, 0.25) is 5.91 Å². The predicted molar refractivity (Wildman–Crippen MR) is 165 cm³/mol. The molecule has 0 saturated heterocycles. The molecule has 0 aliphatic heterocycles. The van der Waals surface area contributed by atoms with Crippen LogP contribution in [0.1, 0.15) is 28.3 Å². The lowest BCUT2D eigenvalue weighted by atomic mass is 9.96. The zero-order chi connectivity index (χ0) is 29.7. The monoisotopic (exact) mass is 629 g/mol. The molecule has 0 unspecified atom stereocenters. The molecule has 0 aliphatic carbocycles. The van der Waals surface area contributed by atoms with Crippen LogP contribution in [0, 0.1) is 0 Å². The van der Waals surface area contributed by atoms with E-state index >= 15 is 0 Å². The molecule has 42 heavy (non-hydrogen) atoms. The summed E-state index contributed by atoms with van der Waals surface area (Å²) in [6.07, 6.45) is -0.449. The van der Waals surface area contributed by atoms with Crippen molar-refractivity contribution in [2.24, 2.45) is 0 Å². The number of rotatable bonds is 12. The van der Waals surface area contributed by atoms with E-state index in [2.05, 4.69) is 31.9 Å². The van der Waals surface area contributed by atoms with Gasteiger partial charge in [-0.15, -0.1) is 0 Å². The second-order valence-corrected chi connectivity index (χ2v) is 10.4. The van der Waals surface area contributed by atoms with Gasteiger partial charge >= 0.3 is 12.1 Å². The third-order valence-electron chi connectivity index (χ3n) is 6.50.